The zero-order chi connectivity index (χ0) is 29.6. The van der Waals surface area contributed by atoms with Gasteiger partial charge in [-0.2, -0.15) is 8.42 Å². The number of carbonyl (C=O) groups is 1. The smallest absolute Gasteiger partial charge is 0.414 e. The molecule has 0 spiro atoms. The van der Waals surface area contributed by atoms with Crippen molar-refractivity contribution in [3.8, 4) is 5.75 Å². The standard InChI is InChI=1S/C27H34F2N4O6S/c1-6-11-33(12-7-2)16-20-18-14-21(28)24(39-27(35)32(4)5)15-23(18)38-26(34)19(20)13-17-9-8-10-22(25(17)29)31-40(36,37)30-3/h8-10,14-15,30-31H,6-7,11-13,16H2,1-5H3. The number of anilines is 1. The molecular formula is C27H34F2N4O6S. The minimum Gasteiger partial charge on any atom is -0.422 e. The number of benzene rings is 2. The first-order chi connectivity index (χ1) is 18.9. The van der Waals surface area contributed by atoms with E-state index >= 15 is 8.78 Å². The van der Waals surface area contributed by atoms with E-state index in [1.165, 1.54) is 39.3 Å². The Hall–Kier alpha value is -3.55. The topological polar surface area (TPSA) is 121 Å². The van der Waals surface area contributed by atoms with Crippen molar-refractivity contribution in [2.45, 2.75) is 39.7 Å². The summed E-state index contributed by atoms with van der Waals surface area (Å²) >= 11 is 0. The van der Waals surface area contributed by atoms with E-state index in [1.807, 2.05) is 13.8 Å². The molecule has 1 aromatic heterocycles. The van der Waals surface area contributed by atoms with Gasteiger partial charge in [-0.1, -0.05) is 26.0 Å². The number of rotatable bonds is 12. The Balaban J connectivity index is 2.19. The number of carbonyl (C=O) groups excluding carboxylic acids is 1. The Kier molecular flexibility index (Phi) is 10.2. The largest absolute Gasteiger partial charge is 0.422 e. The van der Waals surface area contributed by atoms with Crippen LogP contribution in [0.1, 0.15) is 43.4 Å². The lowest BCUT2D eigenvalue weighted by Gasteiger charge is -2.23. The molecule has 0 aliphatic heterocycles. The summed E-state index contributed by atoms with van der Waals surface area (Å²) in [5, 5.41) is 0.279. The molecule has 10 nitrogen and oxygen atoms in total. The molecule has 0 aliphatic rings. The van der Waals surface area contributed by atoms with Crippen LogP contribution < -0.4 is 19.8 Å². The van der Waals surface area contributed by atoms with Gasteiger partial charge in [0.2, 0.25) is 0 Å². The number of nitrogens with one attached hydrogen (secondary N) is 2. The van der Waals surface area contributed by atoms with E-state index in [0.717, 1.165) is 29.9 Å². The molecule has 0 radical (unpaired) electrons. The maximum atomic E-state index is 15.4. The molecular weight excluding hydrogens is 546 g/mol. The van der Waals surface area contributed by atoms with E-state index in [1.54, 1.807) is 0 Å². The second-order valence-corrected chi connectivity index (χ2v) is 11.0. The Morgan fingerprint density at radius 3 is 2.35 bits per heavy atom. The molecule has 40 heavy (non-hydrogen) atoms. The molecule has 2 N–H and O–H groups in total. The first-order valence-electron chi connectivity index (χ1n) is 12.8. The lowest BCUT2D eigenvalue weighted by Crippen LogP contribution is -2.28. The molecule has 13 heteroatoms. The van der Waals surface area contributed by atoms with Gasteiger partial charge in [-0.25, -0.2) is 23.1 Å². The predicted octanol–water partition coefficient (Wildman–Crippen LogP) is 4.22. The van der Waals surface area contributed by atoms with Crippen LogP contribution in [-0.4, -0.2) is 58.5 Å². The summed E-state index contributed by atoms with van der Waals surface area (Å²) < 4.78 is 69.2. The predicted molar refractivity (Wildman–Crippen MR) is 149 cm³/mol. The van der Waals surface area contributed by atoms with Gasteiger partial charge in [0, 0.05) is 51.1 Å². The summed E-state index contributed by atoms with van der Waals surface area (Å²) in [4.78, 5) is 28.5. The third kappa shape index (κ3) is 7.34. The van der Waals surface area contributed by atoms with Crippen LogP contribution in [0.15, 0.2) is 39.5 Å². The van der Waals surface area contributed by atoms with Crippen LogP contribution in [0.2, 0.25) is 0 Å². The van der Waals surface area contributed by atoms with E-state index in [2.05, 4.69) is 14.3 Å². The second kappa shape index (κ2) is 13.2. The van der Waals surface area contributed by atoms with Crippen LogP contribution in [-0.2, 0) is 23.2 Å². The molecule has 0 saturated heterocycles. The highest BCUT2D eigenvalue weighted by Crippen LogP contribution is 2.31. The molecule has 3 aromatic rings. The lowest BCUT2D eigenvalue weighted by atomic mass is 9.97. The monoisotopic (exact) mass is 580 g/mol. The van der Waals surface area contributed by atoms with Crippen molar-refractivity contribution in [3.63, 3.8) is 0 Å². The number of nitrogens with zero attached hydrogens (tertiary/aromatic N) is 2. The number of halogens is 2. The number of ether oxygens (including phenoxy) is 1. The van der Waals surface area contributed by atoms with Crippen molar-refractivity contribution in [1.29, 1.82) is 0 Å². The van der Waals surface area contributed by atoms with Crippen LogP contribution in [0.3, 0.4) is 0 Å². The second-order valence-electron chi connectivity index (χ2n) is 9.43. The van der Waals surface area contributed by atoms with Crippen molar-refractivity contribution >= 4 is 33.0 Å². The van der Waals surface area contributed by atoms with Gasteiger partial charge in [-0.05, 0) is 49.2 Å². The van der Waals surface area contributed by atoms with Crippen molar-refractivity contribution < 1.29 is 31.1 Å². The quantitative estimate of drug-likeness (QED) is 0.308. The fourth-order valence-corrected chi connectivity index (χ4v) is 4.78. The summed E-state index contributed by atoms with van der Waals surface area (Å²) in [6.45, 7) is 5.68. The highest BCUT2D eigenvalue weighted by atomic mass is 32.2. The first-order valence-corrected chi connectivity index (χ1v) is 14.3. The fourth-order valence-electron chi connectivity index (χ4n) is 4.23. The molecule has 3 rings (SSSR count). The van der Waals surface area contributed by atoms with Crippen molar-refractivity contribution in [2.24, 2.45) is 0 Å². The Labute approximate surface area is 232 Å². The van der Waals surface area contributed by atoms with E-state index in [0.29, 0.717) is 18.7 Å². The highest BCUT2D eigenvalue weighted by molar-refractivity contribution is 7.90. The third-order valence-corrected chi connectivity index (χ3v) is 7.18. The van der Waals surface area contributed by atoms with Crippen LogP contribution in [0.5, 0.6) is 5.75 Å². The first kappa shape index (κ1) is 31.0. The van der Waals surface area contributed by atoms with Gasteiger partial charge < -0.3 is 14.1 Å². The minimum atomic E-state index is -3.99. The Morgan fingerprint density at radius 2 is 1.75 bits per heavy atom. The van der Waals surface area contributed by atoms with Crippen molar-refractivity contribution in [2.75, 3.05) is 39.0 Å². The van der Waals surface area contributed by atoms with E-state index < -0.39 is 39.3 Å². The number of hydrogen-bond donors (Lipinski definition) is 2. The molecule has 0 bridgehead atoms. The van der Waals surface area contributed by atoms with E-state index in [9.17, 15) is 18.0 Å². The number of hydrogen-bond acceptors (Lipinski definition) is 7. The van der Waals surface area contributed by atoms with Gasteiger partial charge in [0.05, 0.1) is 5.69 Å². The van der Waals surface area contributed by atoms with Crippen LogP contribution in [0, 0.1) is 11.6 Å². The molecule has 1 amide bonds. The average Bonchev–Trinajstić information content (AvgIpc) is 2.89. The summed E-state index contributed by atoms with van der Waals surface area (Å²) in [5.74, 6) is -2.10. The molecule has 218 valence electrons. The summed E-state index contributed by atoms with van der Waals surface area (Å²) in [7, 11) is 0.0810. The summed E-state index contributed by atoms with van der Waals surface area (Å²) in [6, 6.07) is 6.44. The van der Waals surface area contributed by atoms with Crippen molar-refractivity contribution in [3.05, 3.63) is 69.1 Å². The van der Waals surface area contributed by atoms with Gasteiger partial charge in [-0.15, -0.1) is 0 Å². The van der Waals surface area contributed by atoms with Gasteiger partial charge in [0.1, 0.15) is 5.58 Å². The third-order valence-electron chi connectivity index (χ3n) is 6.16. The van der Waals surface area contributed by atoms with Crippen LogP contribution in [0.4, 0.5) is 19.3 Å². The highest BCUT2D eigenvalue weighted by Gasteiger charge is 2.23. The molecule has 0 aliphatic carbocycles. The number of fused-ring (bicyclic) bond motifs is 1. The molecule has 0 atom stereocenters. The van der Waals surface area contributed by atoms with Crippen LogP contribution in [0.25, 0.3) is 11.0 Å². The summed E-state index contributed by atoms with van der Waals surface area (Å²) in [5.41, 5.74) is -0.467. The molecule has 0 unspecified atom stereocenters. The normalized spacial score (nSPS) is 11.7. The Morgan fingerprint density at radius 1 is 1.07 bits per heavy atom. The average molecular weight is 581 g/mol. The van der Waals surface area contributed by atoms with Gasteiger partial charge in [0.25, 0.3) is 10.2 Å². The molecule has 0 saturated carbocycles. The minimum absolute atomic E-state index is 0.00987. The molecule has 2 aromatic carbocycles. The maximum absolute atomic E-state index is 15.4. The Bertz CT molecular complexity index is 1540. The zero-order valence-electron chi connectivity index (χ0n) is 23.1. The van der Waals surface area contributed by atoms with Gasteiger partial charge in [0.15, 0.2) is 17.4 Å². The molecule has 0 fully saturated rings. The maximum Gasteiger partial charge on any atom is 0.414 e. The lowest BCUT2D eigenvalue weighted by molar-refractivity contribution is 0.170. The van der Waals surface area contributed by atoms with E-state index in [-0.39, 0.29) is 40.7 Å². The van der Waals surface area contributed by atoms with Gasteiger partial charge >= 0.3 is 11.7 Å². The SMILES string of the molecule is CCCN(CCC)Cc1c(Cc2cccc(NS(=O)(=O)NC)c2F)c(=O)oc2cc(OC(=O)N(C)C)c(F)cc12. The zero-order valence-corrected chi connectivity index (χ0v) is 24.0. The van der Waals surface area contributed by atoms with E-state index in [4.69, 9.17) is 9.15 Å². The van der Waals surface area contributed by atoms with Crippen LogP contribution >= 0.6 is 0 Å². The summed E-state index contributed by atoms with van der Waals surface area (Å²) in [6.07, 6.45) is 0.616. The van der Waals surface area contributed by atoms with Crippen molar-refractivity contribution in [1.82, 2.24) is 14.5 Å². The van der Waals surface area contributed by atoms with Gasteiger partial charge in [-0.3, -0.25) is 9.62 Å². The number of amides is 1. The fraction of sp³-hybridized carbons (Fsp3) is 0.407. The molecule has 1 heterocycles.